The molecule has 16 heavy (non-hydrogen) atoms. The van der Waals surface area contributed by atoms with Gasteiger partial charge in [0.25, 0.3) is 0 Å². The SMILES string of the molecule is CCCc1nc(C2CC2(C)C)nc(N)c1Br. The smallest absolute Gasteiger partial charge is 0.141 e. The molecule has 1 atom stereocenters. The minimum atomic E-state index is 0.351. The van der Waals surface area contributed by atoms with Gasteiger partial charge in [0, 0.05) is 5.92 Å². The number of hydrogen-bond acceptors (Lipinski definition) is 3. The van der Waals surface area contributed by atoms with Crippen LogP contribution in [0.15, 0.2) is 4.47 Å². The Morgan fingerprint density at radius 3 is 2.56 bits per heavy atom. The predicted molar refractivity (Wildman–Crippen MR) is 69.3 cm³/mol. The molecule has 0 amide bonds. The van der Waals surface area contributed by atoms with E-state index in [4.69, 9.17) is 5.73 Å². The number of nitrogen functional groups attached to an aromatic ring is 1. The third-order valence-electron chi connectivity index (χ3n) is 3.27. The highest BCUT2D eigenvalue weighted by Gasteiger charge is 2.48. The van der Waals surface area contributed by atoms with Crippen molar-refractivity contribution in [3.05, 3.63) is 16.0 Å². The number of nitrogens with zero attached hydrogens (tertiary/aromatic N) is 2. The minimum absolute atomic E-state index is 0.351. The third-order valence-corrected chi connectivity index (χ3v) is 4.14. The fourth-order valence-corrected chi connectivity index (χ4v) is 2.37. The highest BCUT2D eigenvalue weighted by atomic mass is 79.9. The van der Waals surface area contributed by atoms with Crippen molar-refractivity contribution in [2.45, 2.75) is 46.0 Å². The second kappa shape index (κ2) is 3.99. The number of aryl methyl sites for hydroxylation is 1. The summed E-state index contributed by atoms with van der Waals surface area (Å²) in [5, 5.41) is 0. The molecule has 0 aliphatic heterocycles. The maximum absolute atomic E-state index is 5.91. The molecule has 0 aromatic carbocycles. The number of hydrogen-bond donors (Lipinski definition) is 1. The molecule has 1 saturated carbocycles. The van der Waals surface area contributed by atoms with Crippen LogP contribution < -0.4 is 5.73 Å². The quantitative estimate of drug-likeness (QED) is 0.926. The summed E-state index contributed by atoms with van der Waals surface area (Å²) < 4.78 is 0.872. The number of halogens is 1. The van der Waals surface area contributed by atoms with Gasteiger partial charge in [0.05, 0.1) is 10.2 Å². The van der Waals surface area contributed by atoms with Gasteiger partial charge in [0.2, 0.25) is 0 Å². The Morgan fingerprint density at radius 1 is 1.44 bits per heavy atom. The topological polar surface area (TPSA) is 51.8 Å². The zero-order chi connectivity index (χ0) is 11.9. The molecule has 1 aromatic rings. The van der Waals surface area contributed by atoms with Crippen molar-refractivity contribution < 1.29 is 0 Å². The molecule has 2 N–H and O–H groups in total. The summed E-state index contributed by atoms with van der Waals surface area (Å²) in [7, 11) is 0. The highest BCUT2D eigenvalue weighted by molar-refractivity contribution is 9.10. The lowest BCUT2D eigenvalue weighted by atomic mass is 10.1. The van der Waals surface area contributed by atoms with Crippen LogP contribution in [0.25, 0.3) is 0 Å². The van der Waals surface area contributed by atoms with E-state index in [1.54, 1.807) is 0 Å². The second-order valence-corrected chi connectivity index (χ2v) is 6.02. The van der Waals surface area contributed by atoms with Crippen LogP contribution in [0.5, 0.6) is 0 Å². The van der Waals surface area contributed by atoms with Crippen molar-refractivity contribution in [2.24, 2.45) is 5.41 Å². The highest BCUT2D eigenvalue weighted by Crippen LogP contribution is 2.57. The normalized spacial score (nSPS) is 22.1. The molecular formula is C12H18BrN3. The third kappa shape index (κ3) is 2.08. The Bertz CT molecular complexity index is 415. The lowest BCUT2D eigenvalue weighted by Gasteiger charge is -2.09. The van der Waals surface area contributed by atoms with Gasteiger partial charge in [0.1, 0.15) is 11.6 Å². The number of aromatic nitrogens is 2. The van der Waals surface area contributed by atoms with Crippen LogP contribution in [0.3, 0.4) is 0 Å². The summed E-state index contributed by atoms with van der Waals surface area (Å²) in [6.07, 6.45) is 3.19. The molecule has 4 heteroatoms. The van der Waals surface area contributed by atoms with E-state index in [1.165, 1.54) is 6.42 Å². The number of nitrogens with two attached hydrogens (primary N) is 1. The van der Waals surface area contributed by atoms with Crippen molar-refractivity contribution in [3.63, 3.8) is 0 Å². The van der Waals surface area contributed by atoms with Gasteiger partial charge in [-0.25, -0.2) is 9.97 Å². The molecule has 3 nitrogen and oxygen atoms in total. The summed E-state index contributed by atoms with van der Waals surface area (Å²) in [6.45, 7) is 6.64. The molecular weight excluding hydrogens is 266 g/mol. The minimum Gasteiger partial charge on any atom is -0.383 e. The zero-order valence-corrected chi connectivity index (χ0v) is 11.6. The van der Waals surface area contributed by atoms with Gasteiger partial charge < -0.3 is 5.73 Å². The Labute approximate surface area is 105 Å². The van der Waals surface area contributed by atoms with Gasteiger partial charge in [-0.15, -0.1) is 0 Å². The van der Waals surface area contributed by atoms with Crippen LogP contribution >= 0.6 is 15.9 Å². The second-order valence-electron chi connectivity index (χ2n) is 5.22. The van der Waals surface area contributed by atoms with E-state index in [0.717, 1.165) is 28.8 Å². The molecule has 0 bridgehead atoms. The van der Waals surface area contributed by atoms with E-state index < -0.39 is 0 Å². The number of rotatable bonds is 3. The fourth-order valence-electron chi connectivity index (χ4n) is 2.00. The van der Waals surface area contributed by atoms with Gasteiger partial charge in [-0.2, -0.15) is 0 Å². The van der Waals surface area contributed by atoms with Crippen molar-refractivity contribution in [1.82, 2.24) is 9.97 Å². The van der Waals surface area contributed by atoms with E-state index in [0.29, 0.717) is 17.2 Å². The van der Waals surface area contributed by atoms with Crippen molar-refractivity contribution in [1.29, 1.82) is 0 Å². The molecule has 88 valence electrons. The summed E-state index contributed by atoms with van der Waals surface area (Å²) in [5.41, 5.74) is 7.31. The monoisotopic (exact) mass is 283 g/mol. The van der Waals surface area contributed by atoms with Crippen LogP contribution in [0.1, 0.15) is 51.0 Å². The summed E-state index contributed by atoms with van der Waals surface area (Å²) in [5.74, 6) is 1.99. The van der Waals surface area contributed by atoms with Gasteiger partial charge in [-0.1, -0.05) is 27.2 Å². The maximum atomic E-state index is 5.91. The largest absolute Gasteiger partial charge is 0.383 e. The van der Waals surface area contributed by atoms with Gasteiger partial charge in [-0.3, -0.25) is 0 Å². The first-order valence-electron chi connectivity index (χ1n) is 5.77. The van der Waals surface area contributed by atoms with Crippen LogP contribution in [0.2, 0.25) is 0 Å². The molecule has 0 spiro atoms. The van der Waals surface area contributed by atoms with Crippen LogP contribution in [-0.2, 0) is 6.42 Å². The summed E-state index contributed by atoms with van der Waals surface area (Å²) >= 11 is 3.46. The molecule has 1 aliphatic rings. The molecule has 1 aromatic heterocycles. The molecule has 1 heterocycles. The van der Waals surface area contributed by atoms with Gasteiger partial charge in [0.15, 0.2) is 0 Å². The van der Waals surface area contributed by atoms with E-state index in [2.05, 4.69) is 46.7 Å². The first kappa shape index (κ1) is 11.8. The molecule has 2 rings (SSSR count). The van der Waals surface area contributed by atoms with Gasteiger partial charge >= 0.3 is 0 Å². The Hall–Kier alpha value is -0.640. The maximum Gasteiger partial charge on any atom is 0.141 e. The van der Waals surface area contributed by atoms with Crippen molar-refractivity contribution in [2.75, 3.05) is 5.73 Å². The average Bonchev–Trinajstić information content (AvgIpc) is 2.83. The first-order valence-corrected chi connectivity index (χ1v) is 6.56. The Morgan fingerprint density at radius 2 is 2.06 bits per heavy atom. The Balaban J connectivity index is 2.34. The van der Waals surface area contributed by atoms with Crippen molar-refractivity contribution >= 4 is 21.7 Å². The first-order chi connectivity index (χ1) is 7.45. The molecule has 0 radical (unpaired) electrons. The lowest BCUT2D eigenvalue weighted by Crippen LogP contribution is -2.06. The standard InChI is InChI=1S/C12H18BrN3/c1-4-5-8-9(13)10(14)16-11(15-8)7-6-12(7,2)3/h7H,4-6H2,1-3H3,(H2,14,15,16). The van der Waals surface area contributed by atoms with E-state index in [1.807, 2.05) is 0 Å². The fraction of sp³-hybridized carbons (Fsp3) is 0.667. The predicted octanol–water partition coefficient (Wildman–Crippen LogP) is 3.29. The summed E-state index contributed by atoms with van der Waals surface area (Å²) in [4.78, 5) is 9.04. The van der Waals surface area contributed by atoms with Crippen LogP contribution in [-0.4, -0.2) is 9.97 Å². The number of anilines is 1. The van der Waals surface area contributed by atoms with Crippen LogP contribution in [0.4, 0.5) is 5.82 Å². The van der Waals surface area contributed by atoms with E-state index in [9.17, 15) is 0 Å². The summed E-state index contributed by atoms with van der Waals surface area (Å²) in [6, 6.07) is 0. The molecule has 1 fully saturated rings. The lowest BCUT2D eigenvalue weighted by molar-refractivity contribution is 0.606. The zero-order valence-electron chi connectivity index (χ0n) is 10.0. The molecule has 0 saturated heterocycles. The van der Waals surface area contributed by atoms with E-state index >= 15 is 0 Å². The average molecular weight is 284 g/mol. The van der Waals surface area contributed by atoms with E-state index in [-0.39, 0.29) is 0 Å². The molecule has 1 aliphatic carbocycles. The molecule has 1 unspecified atom stereocenters. The van der Waals surface area contributed by atoms with Gasteiger partial charge in [-0.05, 0) is 34.2 Å². The Kier molecular flexibility index (Phi) is 2.95. The van der Waals surface area contributed by atoms with Crippen LogP contribution in [0, 0.1) is 5.41 Å². The van der Waals surface area contributed by atoms with Crippen molar-refractivity contribution in [3.8, 4) is 0 Å².